The molecule has 0 spiro atoms. The van der Waals surface area contributed by atoms with Gasteiger partial charge in [-0.2, -0.15) is 9.78 Å². The van der Waals surface area contributed by atoms with Crippen molar-refractivity contribution in [2.45, 2.75) is 26.4 Å². The van der Waals surface area contributed by atoms with Crippen molar-refractivity contribution in [3.05, 3.63) is 30.0 Å². The molecule has 0 fully saturated rings. The summed E-state index contributed by atoms with van der Waals surface area (Å²) in [4.78, 5) is 22.8. The number of carbonyl (C=O) groups excluding carboxylic acids is 2. The monoisotopic (exact) mass is 261 g/mol. The van der Waals surface area contributed by atoms with Crippen LogP contribution >= 0.6 is 0 Å². The highest BCUT2D eigenvalue weighted by molar-refractivity contribution is 5.94. The zero-order chi connectivity index (χ0) is 14.2. The van der Waals surface area contributed by atoms with Crippen LogP contribution in [-0.4, -0.2) is 27.4 Å². The molecule has 6 nitrogen and oxygen atoms in total. The normalized spacial score (nSPS) is 11.5. The van der Waals surface area contributed by atoms with E-state index in [1.807, 2.05) is 0 Å². The molecule has 1 heterocycles. The molecule has 0 aliphatic carbocycles. The molecule has 0 atom stereocenters. The summed E-state index contributed by atoms with van der Waals surface area (Å²) in [7, 11) is 0. The van der Waals surface area contributed by atoms with E-state index < -0.39 is 17.7 Å². The molecule has 0 N–H and O–H groups in total. The second kappa shape index (κ2) is 4.38. The van der Waals surface area contributed by atoms with Crippen molar-refractivity contribution in [3.8, 4) is 0 Å². The van der Waals surface area contributed by atoms with Gasteiger partial charge in [0.2, 0.25) is 0 Å². The number of nitrogens with zero attached hydrogens (tertiary/aromatic N) is 2. The maximum Gasteiger partial charge on any atom is 0.435 e. The maximum atomic E-state index is 11.9. The van der Waals surface area contributed by atoms with Crippen molar-refractivity contribution >= 4 is 23.0 Å². The number of rotatable bonds is 1. The minimum Gasteiger partial charge on any atom is -0.545 e. The molecule has 2 rings (SSSR count). The summed E-state index contributed by atoms with van der Waals surface area (Å²) in [6.45, 7) is 5.22. The van der Waals surface area contributed by atoms with Crippen molar-refractivity contribution < 1.29 is 19.4 Å². The standard InChI is InChI=1S/C13H14N2O4/c1-13(2,3)19-12(18)15-10-6-8(11(16)17)4-5-9(10)7-14-15/h4-7H,1-3H3,(H,16,17)/p-1. The number of hydrogen-bond acceptors (Lipinski definition) is 5. The molecule has 6 heteroatoms. The number of aromatic carboxylic acids is 1. The Kier molecular flexibility index (Phi) is 3.01. The predicted octanol–water partition coefficient (Wildman–Crippen LogP) is 1.18. The lowest BCUT2D eigenvalue weighted by molar-refractivity contribution is -0.255. The lowest BCUT2D eigenvalue weighted by atomic mass is 10.2. The quantitative estimate of drug-likeness (QED) is 0.769. The summed E-state index contributed by atoms with van der Waals surface area (Å²) >= 11 is 0. The van der Waals surface area contributed by atoms with Gasteiger partial charge in [0.1, 0.15) is 5.60 Å². The Labute approximate surface area is 109 Å². The second-order valence-electron chi connectivity index (χ2n) is 5.10. The molecule has 0 unspecified atom stereocenters. The van der Waals surface area contributed by atoms with Crippen LogP contribution in [0.2, 0.25) is 0 Å². The average Bonchev–Trinajstić information content (AvgIpc) is 2.68. The summed E-state index contributed by atoms with van der Waals surface area (Å²) in [5, 5.41) is 15.4. The van der Waals surface area contributed by atoms with Crippen molar-refractivity contribution in [2.24, 2.45) is 0 Å². The molecular weight excluding hydrogens is 248 g/mol. The van der Waals surface area contributed by atoms with Gasteiger partial charge in [-0.15, -0.1) is 0 Å². The number of carboxylic acids is 1. The highest BCUT2D eigenvalue weighted by Crippen LogP contribution is 2.17. The number of ether oxygens (including phenoxy) is 1. The Balaban J connectivity index is 2.46. The highest BCUT2D eigenvalue weighted by Gasteiger charge is 2.20. The molecular formula is C13H13N2O4-. The zero-order valence-electron chi connectivity index (χ0n) is 10.8. The van der Waals surface area contributed by atoms with Crippen LogP contribution in [0.15, 0.2) is 24.4 Å². The van der Waals surface area contributed by atoms with Gasteiger partial charge in [0.15, 0.2) is 0 Å². The third-order valence-corrected chi connectivity index (χ3v) is 2.37. The summed E-state index contributed by atoms with van der Waals surface area (Å²) < 4.78 is 6.22. The molecule has 0 aliphatic rings. The molecule has 100 valence electrons. The van der Waals surface area contributed by atoms with Crippen LogP contribution in [0, 0.1) is 0 Å². The average molecular weight is 261 g/mol. The molecule has 1 aromatic heterocycles. The third kappa shape index (κ3) is 2.73. The van der Waals surface area contributed by atoms with E-state index in [1.165, 1.54) is 18.3 Å². The van der Waals surface area contributed by atoms with Crippen LogP contribution in [0.1, 0.15) is 31.1 Å². The van der Waals surface area contributed by atoms with Gasteiger partial charge in [-0.05, 0) is 32.4 Å². The Hall–Kier alpha value is -2.37. The fraction of sp³-hybridized carbons (Fsp3) is 0.308. The number of aromatic nitrogens is 2. The van der Waals surface area contributed by atoms with E-state index in [-0.39, 0.29) is 5.56 Å². The Morgan fingerprint density at radius 1 is 1.32 bits per heavy atom. The van der Waals surface area contributed by atoms with E-state index >= 15 is 0 Å². The van der Waals surface area contributed by atoms with Crippen LogP contribution in [0.4, 0.5) is 4.79 Å². The summed E-state index contributed by atoms with van der Waals surface area (Å²) in [6.07, 6.45) is 0.816. The summed E-state index contributed by atoms with van der Waals surface area (Å²) in [6, 6.07) is 4.30. The van der Waals surface area contributed by atoms with Gasteiger partial charge in [-0.3, -0.25) is 0 Å². The first-order valence-corrected chi connectivity index (χ1v) is 5.70. The van der Waals surface area contributed by atoms with Crippen molar-refractivity contribution in [1.29, 1.82) is 0 Å². The van der Waals surface area contributed by atoms with Crippen LogP contribution in [0.5, 0.6) is 0 Å². The van der Waals surface area contributed by atoms with Gasteiger partial charge >= 0.3 is 6.09 Å². The molecule has 19 heavy (non-hydrogen) atoms. The fourth-order valence-electron chi connectivity index (χ4n) is 1.60. The molecule has 1 aromatic carbocycles. The first kappa shape index (κ1) is 13.1. The van der Waals surface area contributed by atoms with Crippen molar-refractivity contribution in [3.63, 3.8) is 0 Å². The van der Waals surface area contributed by atoms with E-state index in [1.54, 1.807) is 26.8 Å². The molecule has 0 radical (unpaired) electrons. The van der Waals surface area contributed by atoms with Crippen LogP contribution < -0.4 is 5.11 Å². The minimum atomic E-state index is -1.31. The second-order valence-corrected chi connectivity index (χ2v) is 5.10. The van der Waals surface area contributed by atoms with Crippen LogP contribution in [0.3, 0.4) is 0 Å². The number of carbonyl (C=O) groups is 2. The SMILES string of the molecule is CC(C)(C)OC(=O)n1ncc2ccc(C(=O)[O-])cc21. The van der Waals surface area contributed by atoms with Gasteiger partial charge in [-0.25, -0.2) is 4.79 Å². The number of hydrogen-bond donors (Lipinski definition) is 0. The first-order valence-electron chi connectivity index (χ1n) is 5.70. The van der Waals surface area contributed by atoms with E-state index in [9.17, 15) is 14.7 Å². The first-order chi connectivity index (χ1) is 8.78. The maximum absolute atomic E-state index is 11.9. The Bertz CT molecular complexity index is 652. The van der Waals surface area contributed by atoms with E-state index in [0.717, 1.165) is 4.68 Å². The lowest BCUT2D eigenvalue weighted by Gasteiger charge is -2.19. The minimum absolute atomic E-state index is 0.0159. The van der Waals surface area contributed by atoms with E-state index in [4.69, 9.17) is 4.74 Å². The van der Waals surface area contributed by atoms with Gasteiger partial charge in [0.25, 0.3) is 0 Å². The van der Waals surface area contributed by atoms with E-state index in [2.05, 4.69) is 5.10 Å². The van der Waals surface area contributed by atoms with Crippen molar-refractivity contribution in [1.82, 2.24) is 9.78 Å². The lowest BCUT2D eigenvalue weighted by Crippen LogP contribution is -2.27. The highest BCUT2D eigenvalue weighted by atomic mass is 16.6. The molecule has 0 amide bonds. The van der Waals surface area contributed by atoms with Gasteiger partial charge < -0.3 is 14.6 Å². The zero-order valence-corrected chi connectivity index (χ0v) is 10.8. The molecule has 0 aliphatic heterocycles. The summed E-state index contributed by atoms with van der Waals surface area (Å²) in [5.74, 6) is -1.31. The van der Waals surface area contributed by atoms with Gasteiger partial charge in [0.05, 0.1) is 17.7 Å². The Morgan fingerprint density at radius 3 is 2.58 bits per heavy atom. The summed E-state index contributed by atoms with van der Waals surface area (Å²) in [5.41, 5.74) is -0.296. The topological polar surface area (TPSA) is 84.2 Å². The number of carboxylic acid groups (broad SMARTS) is 1. The largest absolute Gasteiger partial charge is 0.545 e. The van der Waals surface area contributed by atoms with Crippen molar-refractivity contribution in [2.75, 3.05) is 0 Å². The number of fused-ring (bicyclic) bond motifs is 1. The molecule has 0 saturated heterocycles. The predicted molar refractivity (Wildman–Crippen MR) is 65.7 cm³/mol. The Morgan fingerprint density at radius 2 is 2.00 bits per heavy atom. The van der Waals surface area contributed by atoms with Gasteiger partial charge in [0, 0.05) is 5.39 Å². The third-order valence-electron chi connectivity index (χ3n) is 2.37. The molecule has 0 saturated carbocycles. The van der Waals surface area contributed by atoms with E-state index in [0.29, 0.717) is 10.9 Å². The fourth-order valence-corrected chi connectivity index (χ4v) is 1.60. The van der Waals surface area contributed by atoms with Crippen LogP contribution in [0.25, 0.3) is 10.9 Å². The van der Waals surface area contributed by atoms with Gasteiger partial charge in [-0.1, -0.05) is 12.1 Å². The smallest absolute Gasteiger partial charge is 0.435 e. The van der Waals surface area contributed by atoms with Crippen LogP contribution in [-0.2, 0) is 4.74 Å². The molecule has 0 bridgehead atoms. The molecule has 2 aromatic rings. The number of benzene rings is 1.